The fourth-order valence-electron chi connectivity index (χ4n) is 7.24. The van der Waals surface area contributed by atoms with Crippen LogP contribution in [0.2, 0.25) is 0 Å². The monoisotopic (exact) mass is 565 g/mol. The molecule has 1 aliphatic rings. The zero-order chi connectivity index (χ0) is 30.0. The van der Waals surface area contributed by atoms with Crippen molar-refractivity contribution >= 4 is 61.5 Å². The maximum absolute atomic E-state index is 2.40. The van der Waals surface area contributed by atoms with Gasteiger partial charge in [-0.1, -0.05) is 117 Å². The fraction of sp³-hybridized carbons (Fsp3) is 0.116. The molecular weight excluding hydrogens is 530 g/mol. The lowest BCUT2D eigenvalue weighted by molar-refractivity contribution is 0.662. The van der Waals surface area contributed by atoms with Crippen LogP contribution in [0.4, 0.5) is 17.1 Å². The van der Waals surface area contributed by atoms with Crippen LogP contribution in [0.5, 0.6) is 0 Å². The van der Waals surface area contributed by atoms with Crippen molar-refractivity contribution in [2.75, 3.05) is 4.90 Å². The van der Waals surface area contributed by atoms with Crippen molar-refractivity contribution in [3.63, 3.8) is 0 Å². The topological polar surface area (TPSA) is 3.24 Å². The summed E-state index contributed by atoms with van der Waals surface area (Å²) in [4.78, 5) is 2.38. The van der Waals surface area contributed by atoms with Gasteiger partial charge in [-0.25, -0.2) is 0 Å². The minimum absolute atomic E-state index is 0.00356. The third-order valence-corrected chi connectivity index (χ3v) is 9.61. The Morgan fingerprint density at radius 1 is 0.477 bits per heavy atom. The van der Waals surface area contributed by atoms with Gasteiger partial charge in [-0.2, -0.15) is 0 Å². The quantitative estimate of drug-likeness (QED) is 0.148. The highest BCUT2D eigenvalue weighted by Gasteiger charge is 2.33. The molecule has 0 bridgehead atoms. The maximum Gasteiger partial charge on any atom is 0.0490 e. The van der Waals surface area contributed by atoms with E-state index in [1.54, 1.807) is 0 Å². The van der Waals surface area contributed by atoms with E-state index in [4.69, 9.17) is 0 Å². The lowest BCUT2D eigenvalue weighted by Gasteiger charge is -2.28. The molecule has 1 heteroatoms. The molecule has 0 aliphatic heterocycles. The largest absolute Gasteiger partial charge is 0.310 e. The first-order valence-corrected chi connectivity index (χ1v) is 15.5. The standard InChI is InChI=1S/C43H35N/c1-28-10-5-7-14-39(28)44(40-15-8-6-11-29(40)2)36-23-22-33-24-30(18-19-34(33)27-36)16-17-31-25-35-21-20-32-12-9-13-37-41(32)42(35)38(26-31)43(37,3)4/h5-27H,1-4H3. The summed E-state index contributed by atoms with van der Waals surface area (Å²) in [6.07, 6.45) is 4.52. The van der Waals surface area contributed by atoms with Crippen LogP contribution in [-0.4, -0.2) is 0 Å². The van der Waals surface area contributed by atoms with Gasteiger partial charge in [0.1, 0.15) is 0 Å². The minimum Gasteiger partial charge on any atom is -0.310 e. The van der Waals surface area contributed by atoms with Crippen LogP contribution in [0.25, 0.3) is 44.5 Å². The second-order valence-electron chi connectivity index (χ2n) is 12.8. The van der Waals surface area contributed by atoms with E-state index in [1.807, 2.05) is 0 Å². The molecule has 44 heavy (non-hydrogen) atoms. The van der Waals surface area contributed by atoms with Crippen molar-refractivity contribution in [3.05, 3.63) is 161 Å². The van der Waals surface area contributed by atoms with Gasteiger partial charge in [0, 0.05) is 22.5 Å². The van der Waals surface area contributed by atoms with E-state index < -0.39 is 0 Å². The first-order valence-electron chi connectivity index (χ1n) is 15.5. The molecule has 0 aromatic heterocycles. The van der Waals surface area contributed by atoms with Crippen LogP contribution < -0.4 is 4.90 Å². The third-order valence-electron chi connectivity index (χ3n) is 9.61. The number of nitrogens with zero attached hydrogens (tertiary/aromatic N) is 1. The number of hydrogen-bond donors (Lipinski definition) is 0. The summed E-state index contributed by atoms with van der Waals surface area (Å²) >= 11 is 0. The molecule has 0 amide bonds. The summed E-state index contributed by atoms with van der Waals surface area (Å²) in [6, 6.07) is 46.9. The van der Waals surface area contributed by atoms with Gasteiger partial charge in [0.05, 0.1) is 0 Å². The molecule has 0 saturated carbocycles. The summed E-state index contributed by atoms with van der Waals surface area (Å²) in [5.41, 5.74) is 11.4. The lowest BCUT2D eigenvalue weighted by Crippen LogP contribution is -2.15. The van der Waals surface area contributed by atoms with E-state index >= 15 is 0 Å². The Bertz CT molecular complexity index is 2240. The molecule has 1 nitrogen and oxygen atoms in total. The average Bonchev–Trinajstić information content (AvgIpc) is 3.27. The molecule has 0 saturated heterocycles. The Morgan fingerprint density at radius 3 is 1.82 bits per heavy atom. The molecule has 1 aliphatic carbocycles. The predicted molar refractivity (Wildman–Crippen MR) is 191 cm³/mol. The number of aryl methyl sites for hydroxylation is 2. The summed E-state index contributed by atoms with van der Waals surface area (Å²) in [7, 11) is 0. The molecule has 7 aromatic rings. The summed E-state index contributed by atoms with van der Waals surface area (Å²) < 4.78 is 0. The van der Waals surface area contributed by atoms with Crippen molar-refractivity contribution < 1.29 is 0 Å². The highest BCUT2D eigenvalue weighted by atomic mass is 15.1. The Morgan fingerprint density at radius 2 is 1.07 bits per heavy atom. The van der Waals surface area contributed by atoms with Gasteiger partial charge in [0.15, 0.2) is 0 Å². The zero-order valence-electron chi connectivity index (χ0n) is 25.7. The Labute approximate surface area is 259 Å². The highest BCUT2D eigenvalue weighted by Crippen LogP contribution is 2.49. The lowest BCUT2D eigenvalue weighted by atomic mass is 9.81. The van der Waals surface area contributed by atoms with Crippen LogP contribution in [-0.2, 0) is 5.41 Å². The molecule has 0 unspecified atom stereocenters. The van der Waals surface area contributed by atoms with Gasteiger partial charge in [0.25, 0.3) is 0 Å². The Kier molecular flexibility index (Phi) is 6.00. The number of fused-ring (bicyclic) bond motifs is 1. The summed E-state index contributed by atoms with van der Waals surface area (Å²) in [6.45, 7) is 9.09. The normalized spacial score (nSPS) is 13.5. The number of para-hydroxylation sites is 2. The second kappa shape index (κ2) is 9.96. The van der Waals surface area contributed by atoms with E-state index in [0.29, 0.717) is 0 Å². The van der Waals surface area contributed by atoms with E-state index in [-0.39, 0.29) is 5.41 Å². The van der Waals surface area contributed by atoms with E-state index in [1.165, 1.54) is 77.1 Å². The van der Waals surface area contributed by atoms with E-state index in [9.17, 15) is 0 Å². The molecule has 7 aromatic carbocycles. The smallest absolute Gasteiger partial charge is 0.0490 e. The maximum atomic E-state index is 2.40. The molecule has 8 rings (SSSR count). The fourth-order valence-corrected chi connectivity index (χ4v) is 7.24. The Hall–Kier alpha value is -5.14. The van der Waals surface area contributed by atoms with Gasteiger partial charge in [-0.05, 0) is 116 Å². The first-order chi connectivity index (χ1) is 21.4. The van der Waals surface area contributed by atoms with Crippen LogP contribution in [0.15, 0.2) is 127 Å². The molecule has 0 fully saturated rings. The van der Waals surface area contributed by atoms with Crippen molar-refractivity contribution in [2.45, 2.75) is 33.1 Å². The summed E-state index contributed by atoms with van der Waals surface area (Å²) in [5.74, 6) is 0. The Balaban J connectivity index is 1.16. The van der Waals surface area contributed by atoms with Gasteiger partial charge in [-0.15, -0.1) is 0 Å². The molecule has 212 valence electrons. The number of anilines is 3. The third kappa shape index (κ3) is 4.15. The average molecular weight is 566 g/mol. The molecule has 0 N–H and O–H groups in total. The van der Waals surface area contributed by atoms with E-state index in [0.717, 1.165) is 5.69 Å². The van der Waals surface area contributed by atoms with Gasteiger partial charge in [0.2, 0.25) is 0 Å². The predicted octanol–water partition coefficient (Wildman–Crippen LogP) is 12.0. The number of rotatable bonds is 5. The van der Waals surface area contributed by atoms with Crippen LogP contribution >= 0.6 is 0 Å². The highest BCUT2D eigenvalue weighted by molar-refractivity contribution is 6.15. The van der Waals surface area contributed by atoms with Crippen molar-refractivity contribution in [1.29, 1.82) is 0 Å². The van der Waals surface area contributed by atoms with Crippen LogP contribution in [0.3, 0.4) is 0 Å². The van der Waals surface area contributed by atoms with Crippen molar-refractivity contribution in [3.8, 4) is 0 Å². The van der Waals surface area contributed by atoms with Crippen LogP contribution in [0.1, 0.15) is 47.2 Å². The number of hydrogen-bond acceptors (Lipinski definition) is 1. The molecule has 0 radical (unpaired) electrons. The van der Waals surface area contributed by atoms with Crippen LogP contribution in [0, 0.1) is 13.8 Å². The van der Waals surface area contributed by atoms with Gasteiger partial charge in [-0.3, -0.25) is 0 Å². The SMILES string of the molecule is Cc1ccccc1N(c1ccc2cc(C=Cc3cc4c5c(ccc6cccc(c65)C4(C)C)c3)ccc2c1)c1ccccc1C. The molecular formula is C43H35N. The first kappa shape index (κ1) is 26.5. The molecule has 0 atom stereocenters. The van der Waals surface area contributed by atoms with Crippen molar-refractivity contribution in [2.24, 2.45) is 0 Å². The van der Waals surface area contributed by atoms with E-state index in [2.05, 4.69) is 172 Å². The number of benzene rings is 7. The van der Waals surface area contributed by atoms with Gasteiger partial charge >= 0.3 is 0 Å². The molecule has 0 spiro atoms. The van der Waals surface area contributed by atoms with Crippen molar-refractivity contribution in [1.82, 2.24) is 0 Å². The minimum atomic E-state index is -0.00356. The zero-order valence-corrected chi connectivity index (χ0v) is 25.7. The van der Waals surface area contributed by atoms with Gasteiger partial charge < -0.3 is 4.90 Å². The second-order valence-corrected chi connectivity index (χ2v) is 12.8. The summed E-state index contributed by atoms with van der Waals surface area (Å²) in [5, 5.41) is 7.98. The molecule has 0 heterocycles.